The van der Waals surface area contributed by atoms with Crippen LogP contribution in [0.4, 0.5) is 8.78 Å². The Morgan fingerprint density at radius 3 is 2.67 bits per heavy atom. The summed E-state index contributed by atoms with van der Waals surface area (Å²) in [5.74, 6) is -2.30. The highest BCUT2D eigenvalue weighted by Crippen LogP contribution is 2.09. The van der Waals surface area contributed by atoms with E-state index in [9.17, 15) is 13.6 Å². The lowest BCUT2D eigenvalue weighted by Crippen LogP contribution is -2.25. The van der Waals surface area contributed by atoms with Crippen molar-refractivity contribution in [1.82, 2.24) is 5.32 Å². The second kappa shape index (κ2) is 4.89. The number of hydrogen-bond acceptors (Lipinski definition) is 1. The number of nitrogens with one attached hydrogen (secondary N) is 1. The Morgan fingerprint density at radius 1 is 1.47 bits per heavy atom. The van der Waals surface area contributed by atoms with Crippen LogP contribution >= 0.6 is 11.6 Å². The molecule has 0 saturated heterocycles. The van der Waals surface area contributed by atoms with E-state index in [0.29, 0.717) is 6.07 Å². The molecule has 0 bridgehead atoms. The van der Waals surface area contributed by atoms with Gasteiger partial charge in [-0.05, 0) is 12.1 Å². The third-order valence-corrected chi connectivity index (χ3v) is 1.75. The van der Waals surface area contributed by atoms with Crippen molar-refractivity contribution in [2.75, 3.05) is 6.54 Å². The van der Waals surface area contributed by atoms with Crippen molar-refractivity contribution in [3.05, 3.63) is 47.0 Å². The van der Waals surface area contributed by atoms with Gasteiger partial charge in [0, 0.05) is 11.1 Å². The summed E-state index contributed by atoms with van der Waals surface area (Å²) in [7, 11) is 0. The number of halogens is 3. The predicted molar refractivity (Wildman–Crippen MR) is 53.7 cm³/mol. The van der Waals surface area contributed by atoms with E-state index in [1.54, 1.807) is 0 Å². The van der Waals surface area contributed by atoms with Gasteiger partial charge >= 0.3 is 0 Å². The smallest absolute Gasteiger partial charge is 0.254 e. The maximum atomic E-state index is 13.1. The summed E-state index contributed by atoms with van der Waals surface area (Å²) < 4.78 is 25.6. The molecule has 0 aliphatic carbocycles. The summed E-state index contributed by atoms with van der Waals surface area (Å²) in [5.41, 5.74) is -0.227. The molecule has 15 heavy (non-hydrogen) atoms. The lowest BCUT2D eigenvalue weighted by molar-refractivity contribution is 0.0953. The highest BCUT2D eigenvalue weighted by Gasteiger charge is 2.11. The molecule has 1 aromatic carbocycles. The fraction of sp³-hybridized carbons (Fsp3) is 0.100. The summed E-state index contributed by atoms with van der Waals surface area (Å²) in [6, 6.07) is 2.72. The lowest BCUT2D eigenvalue weighted by atomic mass is 10.2. The topological polar surface area (TPSA) is 29.1 Å². The van der Waals surface area contributed by atoms with Crippen molar-refractivity contribution in [1.29, 1.82) is 0 Å². The van der Waals surface area contributed by atoms with Gasteiger partial charge in [0.25, 0.3) is 5.91 Å². The van der Waals surface area contributed by atoms with E-state index >= 15 is 0 Å². The van der Waals surface area contributed by atoms with Gasteiger partial charge in [-0.1, -0.05) is 18.2 Å². The molecule has 1 amide bonds. The Labute approximate surface area is 90.5 Å². The zero-order chi connectivity index (χ0) is 11.4. The molecule has 1 rings (SSSR count). The van der Waals surface area contributed by atoms with Gasteiger partial charge in [0.2, 0.25) is 0 Å². The van der Waals surface area contributed by atoms with Crippen LogP contribution in [0.2, 0.25) is 0 Å². The normalized spacial score (nSPS) is 9.80. The minimum Gasteiger partial charge on any atom is -0.347 e. The van der Waals surface area contributed by atoms with Gasteiger partial charge in [0.05, 0.1) is 12.1 Å². The summed E-state index contributed by atoms with van der Waals surface area (Å²) >= 11 is 5.41. The van der Waals surface area contributed by atoms with Gasteiger partial charge in [-0.3, -0.25) is 4.79 Å². The van der Waals surface area contributed by atoms with Crippen molar-refractivity contribution < 1.29 is 13.6 Å². The molecular formula is C10H8ClF2NO. The van der Waals surface area contributed by atoms with Crippen molar-refractivity contribution >= 4 is 17.5 Å². The molecule has 0 aliphatic rings. The Hall–Kier alpha value is -1.42. The molecule has 0 atom stereocenters. The van der Waals surface area contributed by atoms with Crippen LogP contribution in [0.15, 0.2) is 29.8 Å². The monoisotopic (exact) mass is 231 g/mol. The summed E-state index contributed by atoms with van der Waals surface area (Å²) in [5, 5.41) is 2.55. The van der Waals surface area contributed by atoms with Crippen LogP contribution in [-0.4, -0.2) is 12.5 Å². The number of carbonyl (C=O) groups excluding carboxylic acids is 1. The van der Waals surface area contributed by atoms with Crippen LogP contribution in [0.1, 0.15) is 10.4 Å². The molecule has 0 spiro atoms. The molecule has 0 heterocycles. The first-order valence-electron chi connectivity index (χ1n) is 4.07. The van der Waals surface area contributed by atoms with Crippen LogP contribution < -0.4 is 5.32 Å². The Morgan fingerprint density at radius 2 is 2.13 bits per heavy atom. The minimum atomic E-state index is -0.910. The summed E-state index contributed by atoms with van der Waals surface area (Å²) in [6.07, 6.45) is 0. The Kier molecular flexibility index (Phi) is 3.80. The zero-order valence-electron chi connectivity index (χ0n) is 7.69. The maximum absolute atomic E-state index is 13.1. The highest BCUT2D eigenvalue weighted by atomic mass is 35.5. The van der Waals surface area contributed by atoms with Crippen LogP contribution in [0, 0.1) is 11.6 Å². The second-order valence-electron chi connectivity index (χ2n) is 2.82. The summed E-state index contributed by atoms with van der Waals surface area (Å²) in [4.78, 5) is 11.3. The molecule has 1 aromatic rings. The van der Waals surface area contributed by atoms with Gasteiger partial charge in [0.1, 0.15) is 11.6 Å². The Balaban J connectivity index is 2.78. The molecular weight excluding hydrogens is 224 g/mol. The van der Waals surface area contributed by atoms with Gasteiger partial charge in [-0.25, -0.2) is 8.78 Å². The average Bonchev–Trinajstić information content (AvgIpc) is 2.14. The van der Waals surface area contributed by atoms with E-state index in [0.717, 1.165) is 12.1 Å². The van der Waals surface area contributed by atoms with Crippen molar-refractivity contribution in [2.45, 2.75) is 0 Å². The van der Waals surface area contributed by atoms with E-state index in [2.05, 4.69) is 11.9 Å². The third kappa shape index (κ3) is 3.32. The van der Waals surface area contributed by atoms with Crippen LogP contribution in [0.5, 0.6) is 0 Å². The first-order valence-corrected chi connectivity index (χ1v) is 4.45. The first-order chi connectivity index (χ1) is 7.00. The largest absolute Gasteiger partial charge is 0.347 e. The fourth-order valence-electron chi connectivity index (χ4n) is 0.945. The Bertz CT molecular complexity index is 406. The maximum Gasteiger partial charge on any atom is 0.254 e. The molecule has 2 nitrogen and oxygen atoms in total. The number of amides is 1. The van der Waals surface area contributed by atoms with E-state index in [4.69, 9.17) is 11.6 Å². The molecule has 1 N–H and O–H groups in total. The summed E-state index contributed by atoms with van der Waals surface area (Å²) in [6.45, 7) is 3.39. The first kappa shape index (κ1) is 11.7. The minimum absolute atomic E-state index is 0.0389. The molecule has 0 aromatic heterocycles. The van der Waals surface area contributed by atoms with E-state index < -0.39 is 17.5 Å². The van der Waals surface area contributed by atoms with Crippen molar-refractivity contribution in [3.63, 3.8) is 0 Å². The van der Waals surface area contributed by atoms with E-state index in [1.165, 1.54) is 0 Å². The van der Waals surface area contributed by atoms with Gasteiger partial charge in [0.15, 0.2) is 0 Å². The standard InChI is InChI=1S/C10H8ClF2NO/c1-6(11)5-14-10(15)8-3-2-7(12)4-9(8)13/h2-4H,1,5H2,(H,14,15). The lowest BCUT2D eigenvalue weighted by Gasteiger charge is -2.04. The van der Waals surface area contributed by atoms with Crippen LogP contribution in [-0.2, 0) is 0 Å². The van der Waals surface area contributed by atoms with Crippen molar-refractivity contribution in [3.8, 4) is 0 Å². The fourth-order valence-corrected chi connectivity index (χ4v) is 1.01. The molecule has 0 fully saturated rings. The molecule has 5 heteroatoms. The highest BCUT2D eigenvalue weighted by molar-refractivity contribution is 6.29. The third-order valence-electron chi connectivity index (χ3n) is 1.62. The second-order valence-corrected chi connectivity index (χ2v) is 3.36. The van der Waals surface area contributed by atoms with Crippen molar-refractivity contribution in [2.24, 2.45) is 0 Å². The number of hydrogen-bond donors (Lipinski definition) is 1. The SMILES string of the molecule is C=C(Cl)CNC(=O)c1ccc(F)cc1F. The molecule has 0 radical (unpaired) electrons. The van der Waals surface area contributed by atoms with Crippen LogP contribution in [0.25, 0.3) is 0 Å². The van der Waals surface area contributed by atoms with Gasteiger partial charge in [-0.2, -0.15) is 0 Å². The number of carbonyl (C=O) groups is 1. The van der Waals surface area contributed by atoms with Gasteiger partial charge < -0.3 is 5.32 Å². The van der Waals surface area contributed by atoms with E-state index in [-0.39, 0.29) is 17.1 Å². The number of benzene rings is 1. The van der Waals surface area contributed by atoms with Crippen LogP contribution in [0.3, 0.4) is 0 Å². The molecule has 0 saturated carbocycles. The molecule has 0 unspecified atom stereocenters. The predicted octanol–water partition coefficient (Wildman–Crippen LogP) is 2.45. The quantitative estimate of drug-likeness (QED) is 0.851. The molecule has 80 valence electrons. The average molecular weight is 232 g/mol. The van der Waals surface area contributed by atoms with Gasteiger partial charge in [-0.15, -0.1) is 0 Å². The zero-order valence-corrected chi connectivity index (χ0v) is 8.44. The molecule has 0 aliphatic heterocycles. The number of rotatable bonds is 3. The van der Waals surface area contributed by atoms with E-state index in [1.807, 2.05) is 0 Å².